The van der Waals surface area contributed by atoms with E-state index in [1.165, 1.54) is 36.8 Å². The normalized spacial score (nSPS) is 19.4. The van der Waals surface area contributed by atoms with Gasteiger partial charge in [-0.3, -0.25) is 0 Å². The second kappa shape index (κ2) is 9.59. The van der Waals surface area contributed by atoms with Crippen LogP contribution in [0.25, 0.3) is 0 Å². The molecule has 0 aliphatic heterocycles. The summed E-state index contributed by atoms with van der Waals surface area (Å²) in [7, 11) is 0. The molecule has 0 spiro atoms. The van der Waals surface area contributed by atoms with Crippen LogP contribution in [0.5, 0.6) is 5.75 Å². The predicted octanol–water partition coefficient (Wildman–Crippen LogP) is 5.32. The van der Waals surface area contributed by atoms with E-state index in [0.717, 1.165) is 31.6 Å². The van der Waals surface area contributed by atoms with Gasteiger partial charge >= 0.3 is 0 Å². The minimum atomic E-state index is 0.300. The molecular formula is C24H31NO. The first-order valence-corrected chi connectivity index (χ1v) is 9.93. The largest absolute Gasteiger partial charge is 0.494 e. The van der Waals surface area contributed by atoms with Crippen LogP contribution in [0.1, 0.15) is 43.2 Å². The van der Waals surface area contributed by atoms with E-state index in [0.29, 0.717) is 12.0 Å². The van der Waals surface area contributed by atoms with E-state index in [1.54, 1.807) is 0 Å². The summed E-state index contributed by atoms with van der Waals surface area (Å²) >= 11 is 0. The van der Waals surface area contributed by atoms with Crippen molar-refractivity contribution < 1.29 is 4.74 Å². The van der Waals surface area contributed by atoms with Crippen LogP contribution in [-0.2, 0) is 12.8 Å². The zero-order valence-electron chi connectivity index (χ0n) is 15.7. The molecule has 1 aliphatic rings. The average molecular weight is 350 g/mol. The summed E-state index contributed by atoms with van der Waals surface area (Å²) in [5.74, 6) is 0.960. The Balaban J connectivity index is 1.52. The van der Waals surface area contributed by atoms with Crippen molar-refractivity contribution in [3.8, 4) is 5.75 Å². The highest BCUT2D eigenvalue weighted by Crippen LogP contribution is 2.39. The van der Waals surface area contributed by atoms with Gasteiger partial charge in [0.2, 0.25) is 0 Å². The van der Waals surface area contributed by atoms with Gasteiger partial charge < -0.3 is 10.5 Å². The van der Waals surface area contributed by atoms with Crippen LogP contribution in [0.4, 0.5) is 0 Å². The highest BCUT2D eigenvalue weighted by atomic mass is 16.5. The lowest BCUT2D eigenvalue weighted by atomic mass is 9.71. The standard InChI is InChI=1S/C24H31NO/c25-18-14-21-10-12-23(13-11-21)26-19-7-17-24(15-5-2-6-16-24)20-22-8-3-1-4-9-22/h1,3-5,8-13,15H,2,6-7,14,16-20,25H2. The number of hydrogen-bond donors (Lipinski definition) is 1. The van der Waals surface area contributed by atoms with E-state index >= 15 is 0 Å². The number of ether oxygens (including phenoxy) is 1. The molecule has 0 radical (unpaired) electrons. The molecule has 0 aromatic heterocycles. The fourth-order valence-corrected chi connectivity index (χ4v) is 3.97. The molecule has 0 amide bonds. The quantitative estimate of drug-likeness (QED) is 0.491. The average Bonchev–Trinajstić information content (AvgIpc) is 2.68. The maximum absolute atomic E-state index is 5.97. The van der Waals surface area contributed by atoms with Gasteiger partial charge in [0.15, 0.2) is 0 Å². The summed E-state index contributed by atoms with van der Waals surface area (Å²) in [5.41, 5.74) is 8.61. The summed E-state index contributed by atoms with van der Waals surface area (Å²) in [6, 6.07) is 19.2. The highest BCUT2D eigenvalue weighted by Gasteiger charge is 2.28. The molecule has 0 fully saturated rings. The number of nitrogens with two attached hydrogens (primary N) is 1. The van der Waals surface area contributed by atoms with Crippen molar-refractivity contribution in [3.63, 3.8) is 0 Å². The van der Waals surface area contributed by atoms with Crippen molar-refractivity contribution in [2.45, 2.75) is 44.9 Å². The first kappa shape index (κ1) is 18.7. The topological polar surface area (TPSA) is 35.2 Å². The molecule has 0 saturated carbocycles. The Hall–Kier alpha value is -2.06. The van der Waals surface area contributed by atoms with Crippen LogP contribution in [-0.4, -0.2) is 13.2 Å². The summed E-state index contributed by atoms with van der Waals surface area (Å²) in [4.78, 5) is 0. The molecule has 3 rings (SSSR count). The van der Waals surface area contributed by atoms with E-state index in [1.807, 2.05) is 0 Å². The van der Waals surface area contributed by atoms with Crippen molar-refractivity contribution >= 4 is 0 Å². The van der Waals surface area contributed by atoms with Crippen LogP contribution >= 0.6 is 0 Å². The van der Waals surface area contributed by atoms with Gasteiger partial charge in [-0.15, -0.1) is 0 Å². The maximum atomic E-state index is 5.97. The van der Waals surface area contributed by atoms with Crippen molar-refractivity contribution in [3.05, 3.63) is 77.9 Å². The zero-order chi connectivity index (χ0) is 18.1. The molecule has 2 N–H and O–H groups in total. The van der Waals surface area contributed by atoms with Gasteiger partial charge in [0.1, 0.15) is 5.75 Å². The van der Waals surface area contributed by atoms with E-state index < -0.39 is 0 Å². The van der Waals surface area contributed by atoms with Gasteiger partial charge in [-0.05, 0) is 80.2 Å². The number of hydrogen-bond acceptors (Lipinski definition) is 2. The van der Waals surface area contributed by atoms with Crippen LogP contribution in [0.15, 0.2) is 66.7 Å². The molecule has 138 valence electrons. The van der Waals surface area contributed by atoms with Crippen molar-refractivity contribution in [1.29, 1.82) is 0 Å². The lowest BCUT2D eigenvalue weighted by Crippen LogP contribution is -2.24. The molecule has 26 heavy (non-hydrogen) atoms. The lowest BCUT2D eigenvalue weighted by molar-refractivity contribution is 0.244. The monoisotopic (exact) mass is 349 g/mol. The summed E-state index contributed by atoms with van der Waals surface area (Å²) in [6.45, 7) is 1.47. The number of rotatable bonds is 9. The minimum Gasteiger partial charge on any atom is -0.494 e. The van der Waals surface area contributed by atoms with Crippen molar-refractivity contribution in [2.75, 3.05) is 13.2 Å². The van der Waals surface area contributed by atoms with Crippen molar-refractivity contribution in [1.82, 2.24) is 0 Å². The third-order valence-corrected chi connectivity index (χ3v) is 5.36. The molecule has 0 saturated heterocycles. The predicted molar refractivity (Wildman–Crippen MR) is 109 cm³/mol. The van der Waals surface area contributed by atoms with E-state index in [-0.39, 0.29) is 0 Å². The smallest absolute Gasteiger partial charge is 0.119 e. The second-order valence-corrected chi connectivity index (χ2v) is 7.45. The Morgan fingerprint density at radius 2 is 1.77 bits per heavy atom. The Morgan fingerprint density at radius 1 is 0.962 bits per heavy atom. The van der Waals surface area contributed by atoms with Gasteiger partial charge in [0.05, 0.1) is 6.61 Å². The molecular weight excluding hydrogens is 318 g/mol. The van der Waals surface area contributed by atoms with E-state index in [2.05, 4.69) is 66.7 Å². The number of allylic oxidation sites excluding steroid dienone is 2. The van der Waals surface area contributed by atoms with Crippen LogP contribution in [0.3, 0.4) is 0 Å². The molecule has 2 nitrogen and oxygen atoms in total. The van der Waals surface area contributed by atoms with Gasteiger partial charge in [-0.1, -0.05) is 54.6 Å². The van der Waals surface area contributed by atoms with Gasteiger partial charge in [-0.2, -0.15) is 0 Å². The number of benzene rings is 2. The van der Waals surface area contributed by atoms with Gasteiger partial charge in [0, 0.05) is 0 Å². The van der Waals surface area contributed by atoms with E-state index in [9.17, 15) is 0 Å². The third kappa shape index (κ3) is 5.47. The SMILES string of the molecule is NCCc1ccc(OCCCC2(Cc3ccccc3)C=CCCC2)cc1. The fourth-order valence-electron chi connectivity index (χ4n) is 3.97. The molecule has 2 aromatic rings. The van der Waals surface area contributed by atoms with Crippen molar-refractivity contribution in [2.24, 2.45) is 11.1 Å². The van der Waals surface area contributed by atoms with Gasteiger partial charge in [-0.25, -0.2) is 0 Å². The molecule has 0 bridgehead atoms. The fraction of sp³-hybridized carbons (Fsp3) is 0.417. The Morgan fingerprint density at radius 3 is 2.46 bits per heavy atom. The third-order valence-electron chi connectivity index (χ3n) is 5.36. The molecule has 2 heteroatoms. The molecule has 2 aromatic carbocycles. The summed E-state index contributed by atoms with van der Waals surface area (Å²) in [5, 5.41) is 0. The van der Waals surface area contributed by atoms with Crippen LogP contribution < -0.4 is 10.5 Å². The Kier molecular flexibility index (Phi) is 6.90. The molecule has 0 heterocycles. The Bertz CT molecular complexity index is 677. The van der Waals surface area contributed by atoms with Crippen LogP contribution in [0, 0.1) is 5.41 Å². The second-order valence-electron chi connectivity index (χ2n) is 7.45. The summed E-state index contributed by atoms with van der Waals surface area (Å²) < 4.78 is 5.97. The minimum absolute atomic E-state index is 0.300. The van der Waals surface area contributed by atoms with Gasteiger partial charge in [0.25, 0.3) is 0 Å². The van der Waals surface area contributed by atoms with Crippen LogP contribution in [0.2, 0.25) is 0 Å². The first-order valence-electron chi connectivity index (χ1n) is 9.93. The first-order chi connectivity index (χ1) is 12.8. The highest BCUT2D eigenvalue weighted by molar-refractivity contribution is 5.27. The van der Waals surface area contributed by atoms with E-state index in [4.69, 9.17) is 10.5 Å². The summed E-state index contributed by atoms with van der Waals surface area (Å²) in [6.07, 6.45) is 13.0. The zero-order valence-corrected chi connectivity index (χ0v) is 15.7. The maximum Gasteiger partial charge on any atom is 0.119 e. The molecule has 1 atom stereocenters. The lowest BCUT2D eigenvalue weighted by Gasteiger charge is -2.34. The molecule has 1 aliphatic carbocycles. The Labute approximate surface area is 158 Å². The molecule has 1 unspecified atom stereocenters.